The van der Waals surface area contributed by atoms with Gasteiger partial charge in [0, 0.05) is 0 Å². The van der Waals surface area contributed by atoms with E-state index < -0.39 is 5.56 Å². The number of benzene rings is 2. The lowest BCUT2D eigenvalue weighted by Gasteiger charge is -2.07. The molecule has 0 amide bonds. The Morgan fingerprint density at radius 1 is 1.27 bits per heavy atom. The van der Waals surface area contributed by atoms with E-state index in [2.05, 4.69) is 39.8 Å². The molecular weight excluding hydrogens is 352 g/mol. The summed E-state index contributed by atoms with van der Waals surface area (Å²) in [4.78, 5) is 11.3. The Morgan fingerprint density at radius 3 is 2.85 bits per heavy atom. The number of rotatable bonds is 6. The van der Waals surface area contributed by atoms with Crippen LogP contribution in [0, 0.1) is 6.92 Å². The van der Waals surface area contributed by atoms with E-state index in [-0.39, 0.29) is 5.02 Å². The van der Waals surface area contributed by atoms with Crippen LogP contribution in [0.5, 0.6) is 5.75 Å². The number of hydrazone groups is 1. The molecule has 0 aliphatic heterocycles. The smallest absolute Gasteiger partial charge is 0.285 e. The number of aromatic nitrogens is 2. The molecule has 132 valence electrons. The lowest BCUT2D eigenvalue weighted by molar-refractivity contribution is 0.306. The van der Waals surface area contributed by atoms with Crippen molar-refractivity contribution in [2.45, 2.75) is 13.5 Å². The highest BCUT2D eigenvalue weighted by atomic mass is 35.5. The summed E-state index contributed by atoms with van der Waals surface area (Å²) < 4.78 is 5.78. The van der Waals surface area contributed by atoms with Crippen molar-refractivity contribution in [2.24, 2.45) is 5.10 Å². The molecule has 7 heteroatoms. The minimum atomic E-state index is -0.470. The number of hydrogen-bond acceptors (Lipinski definition) is 5. The molecule has 0 radical (unpaired) electrons. The van der Waals surface area contributed by atoms with E-state index in [4.69, 9.17) is 16.3 Å². The predicted octanol–water partition coefficient (Wildman–Crippen LogP) is 3.76. The Hall–Kier alpha value is -3.12. The fourth-order valence-electron chi connectivity index (χ4n) is 2.26. The number of aryl methyl sites for hydroxylation is 1. The SMILES string of the molecule is Cc1cccc(COc2ccc(/C=N/Nc3cn[nH]c(=O)c3Cl)cc2)c1. The highest BCUT2D eigenvalue weighted by molar-refractivity contribution is 6.32. The van der Waals surface area contributed by atoms with Gasteiger partial charge in [-0.1, -0.05) is 41.4 Å². The van der Waals surface area contributed by atoms with Crippen molar-refractivity contribution in [1.29, 1.82) is 0 Å². The first-order valence-corrected chi connectivity index (χ1v) is 8.30. The molecule has 0 saturated carbocycles. The highest BCUT2D eigenvalue weighted by Gasteiger charge is 2.03. The summed E-state index contributed by atoms with van der Waals surface area (Å²) in [7, 11) is 0. The van der Waals surface area contributed by atoms with Crippen molar-refractivity contribution >= 4 is 23.5 Å². The van der Waals surface area contributed by atoms with Gasteiger partial charge in [-0.25, -0.2) is 5.10 Å². The zero-order valence-corrected chi connectivity index (χ0v) is 14.8. The van der Waals surface area contributed by atoms with Crippen LogP contribution in [0.3, 0.4) is 0 Å². The molecule has 6 nitrogen and oxygen atoms in total. The Labute approximate surface area is 155 Å². The van der Waals surface area contributed by atoms with Gasteiger partial charge in [0.1, 0.15) is 23.1 Å². The molecule has 0 fully saturated rings. The van der Waals surface area contributed by atoms with Crippen LogP contribution < -0.4 is 15.7 Å². The molecule has 0 atom stereocenters. The van der Waals surface area contributed by atoms with Crippen LogP contribution in [0.15, 0.2) is 64.6 Å². The largest absolute Gasteiger partial charge is 0.489 e. The van der Waals surface area contributed by atoms with Crippen molar-refractivity contribution in [1.82, 2.24) is 10.2 Å². The van der Waals surface area contributed by atoms with Gasteiger partial charge in [0.25, 0.3) is 5.56 Å². The molecule has 0 saturated heterocycles. The van der Waals surface area contributed by atoms with Crippen LogP contribution in [-0.4, -0.2) is 16.4 Å². The zero-order chi connectivity index (χ0) is 18.4. The van der Waals surface area contributed by atoms with Crippen LogP contribution in [-0.2, 0) is 6.61 Å². The fourth-order valence-corrected chi connectivity index (χ4v) is 2.39. The van der Waals surface area contributed by atoms with E-state index in [0.717, 1.165) is 16.9 Å². The van der Waals surface area contributed by atoms with Crippen LogP contribution >= 0.6 is 11.6 Å². The van der Waals surface area contributed by atoms with E-state index in [1.54, 1.807) is 6.21 Å². The van der Waals surface area contributed by atoms with Crippen LogP contribution in [0.1, 0.15) is 16.7 Å². The number of nitrogens with one attached hydrogen (secondary N) is 2. The number of anilines is 1. The molecule has 1 heterocycles. The average molecular weight is 369 g/mol. The van der Waals surface area contributed by atoms with Gasteiger partial charge >= 0.3 is 0 Å². The molecule has 0 spiro atoms. The summed E-state index contributed by atoms with van der Waals surface area (Å²) in [6, 6.07) is 15.7. The molecule has 2 N–H and O–H groups in total. The van der Waals surface area contributed by atoms with Gasteiger partial charge in [-0.3, -0.25) is 10.2 Å². The number of H-pyrrole nitrogens is 1. The highest BCUT2D eigenvalue weighted by Crippen LogP contribution is 2.15. The number of hydrogen-bond donors (Lipinski definition) is 2. The first kappa shape index (κ1) is 17.7. The Bertz CT molecular complexity index is 968. The topological polar surface area (TPSA) is 79.4 Å². The third-order valence-corrected chi connectivity index (χ3v) is 3.94. The second-order valence-electron chi connectivity index (χ2n) is 5.64. The maximum Gasteiger partial charge on any atom is 0.285 e. The van der Waals surface area contributed by atoms with Gasteiger partial charge in [-0.05, 0) is 42.3 Å². The quantitative estimate of drug-likeness (QED) is 0.513. The summed E-state index contributed by atoms with van der Waals surface area (Å²) in [6.45, 7) is 2.57. The van der Waals surface area contributed by atoms with E-state index in [1.165, 1.54) is 11.8 Å². The van der Waals surface area contributed by atoms with Crippen LogP contribution in [0.25, 0.3) is 0 Å². The van der Waals surface area contributed by atoms with Gasteiger partial charge < -0.3 is 4.74 Å². The number of halogens is 1. The monoisotopic (exact) mass is 368 g/mol. The van der Waals surface area contributed by atoms with Crippen molar-refractivity contribution in [3.05, 3.63) is 86.8 Å². The van der Waals surface area contributed by atoms with Gasteiger partial charge in [0.2, 0.25) is 0 Å². The zero-order valence-electron chi connectivity index (χ0n) is 14.1. The first-order chi connectivity index (χ1) is 12.6. The molecule has 0 unspecified atom stereocenters. The summed E-state index contributed by atoms with van der Waals surface area (Å²) in [5.41, 5.74) is 5.77. The first-order valence-electron chi connectivity index (χ1n) is 7.92. The molecule has 1 aromatic heterocycles. The normalized spacial score (nSPS) is 10.8. The molecular formula is C19H17ClN4O2. The summed E-state index contributed by atoms with van der Waals surface area (Å²) in [5, 5.41) is 9.96. The van der Waals surface area contributed by atoms with Gasteiger partial charge in [-0.2, -0.15) is 10.2 Å². The Morgan fingerprint density at radius 2 is 2.08 bits per heavy atom. The molecule has 0 bridgehead atoms. The predicted molar refractivity (Wildman–Crippen MR) is 103 cm³/mol. The van der Waals surface area contributed by atoms with Gasteiger partial charge in [0.15, 0.2) is 0 Å². The van der Waals surface area contributed by atoms with E-state index >= 15 is 0 Å². The Balaban J connectivity index is 1.57. The van der Waals surface area contributed by atoms with E-state index in [1.807, 2.05) is 36.4 Å². The fraction of sp³-hybridized carbons (Fsp3) is 0.105. The molecule has 0 aliphatic rings. The van der Waals surface area contributed by atoms with Gasteiger partial charge in [0.05, 0.1) is 12.4 Å². The number of ether oxygens (including phenoxy) is 1. The maximum atomic E-state index is 11.3. The van der Waals surface area contributed by atoms with Crippen molar-refractivity contribution < 1.29 is 4.74 Å². The van der Waals surface area contributed by atoms with E-state index in [0.29, 0.717) is 12.3 Å². The summed E-state index contributed by atoms with van der Waals surface area (Å²) >= 11 is 5.85. The van der Waals surface area contributed by atoms with E-state index in [9.17, 15) is 4.79 Å². The van der Waals surface area contributed by atoms with Crippen molar-refractivity contribution in [2.75, 3.05) is 5.43 Å². The average Bonchev–Trinajstić information content (AvgIpc) is 2.65. The minimum Gasteiger partial charge on any atom is -0.489 e. The summed E-state index contributed by atoms with van der Waals surface area (Å²) in [6.07, 6.45) is 3.01. The van der Waals surface area contributed by atoms with Crippen molar-refractivity contribution in [3.63, 3.8) is 0 Å². The Kier molecular flexibility index (Phi) is 5.66. The number of nitrogens with zero attached hydrogens (tertiary/aromatic N) is 2. The second-order valence-corrected chi connectivity index (χ2v) is 6.02. The maximum absolute atomic E-state index is 11.3. The van der Waals surface area contributed by atoms with Crippen molar-refractivity contribution in [3.8, 4) is 5.75 Å². The lowest BCUT2D eigenvalue weighted by Crippen LogP contribution is -2.10. The van der Waals surface area contributed by atoms with Crippen LogP contribution in [0.2, 0.25) is 5.02 Å². The lowest BCUT2D eigenvalue weighted by atomic mass is 10.1. The second kappa shape index (κ2) is 8.31. The molecule has 3 aromatic rings. The third-order valence-electron chi connectivity index (χ3n) is 3.56. The number of aromatic amines is 1. The van der Waals surface area contributed by atoms with Gasteiger partial charge in [-0.15, -0.1) is 0 Å². The third kappa shape index (κ3) is 4.70. The minimum absolute atomic E-state index is 0.0112. The molecule has 2 aromatic carbocycles. The molecule has 26 heavy (non-hydrogen) atoms. The standard InChI is InChI=1S/C19H17ClN4O2/c1-13-3-2-4-15(9-13)12-26-16-7-5-14(6-8-16)10-21-23-17-11-22-24-19(25)18(17)20/h2-11H,12H2,1H3,(H2,23,24,25)/b21-10+. The molecule has 3 rings (SSSR count). The van der Waals surface area contributed by atoms with Crippen LogP contribution in [0.4, 0.5) is 5.69 Å². The summed E-state index contributed by atoms with van der Waals surface area (Å²) in [5.74, 6) is 0.776. The molecule has 0 aliphatic carbocycles.